The third kappa shape index (κ3) is 5.68. The van der Waals surface area contributed by atoms with Crippen LogP contribution in [0.1, 0.15) is 47.3 Å². The smallest absolute Gasteiger partial charge is 0.261 e. The zero-order chi connectivity index (χ0) is 21.6. The number of hydrogen-bond donors (Lipinski definition) is 2. The molecule has 0 aliphatic carbocycles. The molecule has 2 aromatic rings. The number of carbonyl (C=O) groups excluding carboxylic acids is 2. The van der Waals surface area contributed by atoms with Gasteiger partial charge in [-0.25, -0.2) is 8.42 Å². The topological polar surface area (TPSA) is 95.6 Å². The van der Waals surface area contributed by atoms with Crippen molar-refractivity contribution in [3.63, 3.8) is 0 Å². The molecule has 7 nitrogen and oxygen atoms in total. The Morgan fingerprint density at radius 1 is 1.13 bits per heavy atom. The third-order valence-electron chi connectivity index (χ3n) is 5.05. The van der Waals surface area contributed by atoms with E-state index in [0.29, 0.717) is 36.6 Å². The van der Waals surface area contributed by atoms with Crippen LogP contribution in [0.3, 0.4) is 0 Å². The number of nitrogens with zero attached hydrogens (tertiary/aromatic N) is 1. The van der Waals surface area contributed by atoms with Gasteiger partial charge >= 0.3 is 0 Å². The second kappa shape index (κ2) is 10.2. The molecule has 0 bridgehead atoms. The van der Waals surface area contributed by atoms with Gasteiger partial charge in [0.15, 0.2) is 0 Å². The molecule has 30 heavy (non-hydrogen) atoms. The van der Waals surface area contributed by atoms with E-state index in [1.165, 1.54) is 21.7 Å². The van der Waals surface area contributed by atoms with Crippen LogP contribution in [-0.4, -0.2) is 44.2 Å². The van der Waals surface area contributed by atoms with Crippen molar-refractivity contribution >= 4 is 38.9 Å². The summed E-state index contributed by atoms with van der Waals surface area (Å²) in [6.07, 6.45) is 3.52. The number of aryl methyl sites for hydroxylation is 1. The van der Waals surface area contributed by atoms with Crippen molar-refractivity contribution < 1.29 is 18.0 Å². The summed E-state index contributed by atoms with van der Waals surface area (Å²) >= 11 is 1.37. The molecule has 0 spiro atoms. The minimum atomic E-state index is -3.55. The maximum absolute atomic E-state index is 12.9. The Labute approximate surface area is 181 Å². The number of hydrogen-bond acceptors (Lipinski definition) is 5. The number of piperidine rings is 1. The molecule has 9 heteroatoms. The molecular weight excluding hydrogens is 422 g/mol. The highest BCUT2D eigenvalue weighted by atomic mass is 32.2. The van der Waals surface area contributed by atoms with Gasteiger partial charge in [-0.15, -0.1) is 11.3 Å². The molecule has 1 aliphatic heterocycles. The normalized spacial score (nSPS) is 15.0. The van der Waals surface area contributed by atoms with Crippen LogP contribution in [0.15, 0.2) is 40.6 Å². The average Bonchev–Trinajstić information content (AvgIpc) is 3.28. The van der Waals surface area contributed by atoms with Gasteiger partial charge in [0.05, 0.1) is 9.77 Å². The molecule has 162 valence electrons. The van der Waals surface area contributed by atoms with Gasteiger partial charge in [0.2, 0.25) is 15.9 Å². The van der Waals surface area contributed by atoms with E-state index >= 15 is 0 Å². The molecule has 0 atom stereocenters. The lowest BCUT2D eigenvalue weighted by Gasteiger charge is -2.26. The van der Waals surface area contributed by atoms with Gasteiger partial charge in [-0.05, 0) is 55.3 Å². The number of nitrogens with one attached hydrogen (secondary N) is 2. The van der Waals surface area contributed by atoms with Gasteiger partial charge < -0.3 is 10.6 Å². The fourth-order valence-electron chi connectivity index (χ4n) is 3.31. The fourth-order valence-corrected chi connectivity index (χ4v) is 5.49. The van der Waals surface area contributed by atoms with E-state index in [1.54, 1.807) is 18.2 Å². The molecule has 1 saturated heterocycles. The number of anilines is 1. The Morgan fingerprint density at radius 2 is 1.90 bits per heavy atom. The van der Waals surface area contributed by atoms with E-state index in [2.05, 4.69) is 10.6 Å². The predicted molar refractivity (Wildman–Crippen MR) is 118 cm³/mol. The zero-order valence-electron chi connectivity index (χ0n) is 17.0. The number of sulfonamides is 1. The highest BCUT2D eigenvalue weighted by Crippen LogP contribution is 2.25. The number of thiophene rings is 1. The van der Waals surface area contributed by atoms with E-state index in [9.17, 15) is 18.0 Å². The number of benzene rings is 1. The molecule has 2 amide bonds. The summed E-state index contributed by atoms with van der Waals surface area (Å²) in [6, 6.07) is 8.41. The van der Waals surface area contributed by atoms with Gasteiger partial charge in [0.1, 0.15) is 0 Å². The second-order valence-corrected chi connectivity index (χ2v) is 10.2. The minimum Gasteiger partial charge on any atom is -0.351 e. The van der Waals surface area contributed by atoms with E-state index in [0.717, 1.165) is 24.8 Å². The summed E-state index contributed by atoms with van der Waals surface area (Å²) in [5.74, 6) is -0.354. The van der Waals surface area contributed by atoms with Crippen LogP contribution in [0.2, 0.25) is 0 Å². The number of rotatable bonds is 8. The molecule has 1 aromatic carbocycles. The highest BCUT2D eigenvalue weighted by molar-refractivity contribution is 7.89. The molecule has 1 fully saturated rings. The van der Waals surface area contributed by atoms with Crippen LogP contribution in [0, 0.1) is 6.92 Å². The van der Waals surface area contributed by atoms with Crippen molar-refractivity contribution in [2.75, 3.05) is 25.0 Å². The Morgan fingerprint density at radius 3 is 2.60 bits per heavy atom. The van der Waals surface area contributed by atoms with E-state index < -0.39 is 10.0 Å². The first-order valence-electron chi connectivity index (χ1n) is 10.1. The second-order valence-electron chi connectivity index (χ2n) is 7.33. The maximum atomic E-state index is 12.9. The standard InChI is InChI=1S/C21H27N3O4S2/c1-16-9-10-17(30(27,28)24-12-3-2-4-13-24)15-18(16)23-20(25)8-5-11-22-21(26)19-7-6-14-29-19/h6-7,9-10,14-15H,2-5,8,11-13H2,1H3,(H,22,26)(H,23,25). The van der Waals surface area contributed by atoms with Crippen LogP contribution in [0.25, 0.3) is 0 Å². The molecule has 2 N–H and O–H groups in total. The molecule has 0 radical (unpaired) electrons. The van der Waals surface area contributed by atoms with Gasteiger partial charge in [0.25, 0.3) is 5.91 Å². The lowest BCUT2D eigenvalue weighted by atomic mass is 10.2. The Bertz CT molecular complexity index is 982. The summed E-state index contributed by atoms with van der Waals surface area (Å²) in [6.45, 7) is 3.30. The van der Waals surface area contributed by atoms with Crippen LogP contribution in [-0.2, 0) is 14.8 Å². The van der Waals surface area contributed by atoms with Crippen molar-refractivity contribution in [2.45, 2.75) is 43.9 Å². The molecule has 1 aromatic heterocycles. The SMILES string of the molecule is Cc1ccc(S(=O)(=O)N2CCCCC2)cc1NC(=O)CCCNC(=O)c1cccs1. The molecule has 0 unspecified atom stereocenters. The van der Waals surface area contributed by atoms with Gasteiger partial charge in [0, 0.05) is 31.7 Å². The fraction of sp³-hybridized carbons (Fsp3) is 0.429. The van der Waals surface area contributed by atoms with E-state index in [1.807, 2.05) is 18.4 Å². The van der Waals surface area contributed by atoms with Crippen LogP contribution >= 0.6 is 11.3 Å². The van der Waals surface area contributed by atoms with Crippen LogP contribution in [0.5, 0.6) is 0 Å². The third-order valence-corrected chi connectivity index (χ3v) is 7.81. The summed E-state index contributed by atoms with van der Waals surface area (Å²) in [5.41, 5.74) is 1.30. The van der Waals surface area contributed by atoms with Crippen molar-refractivity contribution in [1.82, 2.24) is 9.62 Å². The quantitative estimate of drug-likeness (QED) is 0.604. The Balaban J connectivity index is 1.54. The van der Waals surface area contributed by atoms with E-state index in [-0.39, 0.29) is 23.1 Å². The predicted octanol–water partition coefficient (Wildman–Crippen LogP) is 3.38. The Kier molecular flexibility index (Phi) is 7.63. The van der Waals surface area contributed by atoms with Crippen molar-refractivity contribution in [3.8, 4) is 0 Å². The lowest BCUT2D eigenvalue weighted by Crippen LogP contribution is -2.35. The summed E-state index contributed by atoms with van der Waals surface area (Å²) in [4.78, 5) is 25.0. The number of amides is 2. The lowest BCUT2D eigenvalue weighted by molar-refractivity contribution is -0.116. The van der Waals surface area contributed by atoms with Crippen LogP contribution in [0.4, 0.5) is 5.69 Å². The maximum Gasteiger partial charge on any atom is 0.261 e. The van der Waals surface area contributed by atoms with Gasteiger partial charge in [-0.3, -0.25) is 9.59 Å². The van der Waals surface area contributed by atoms with Gasteiger partial charge in [-0.1, -0.05) is 18.6 Å². The molecule has 3 rings (SSSR count). The first-order valence-corrected chi connectivity index (χ1v) is 12.4. The van der Waals surface area contributed by atoms with Crippen molar-refractivity contribution in [1.29, 1.82) is 0 Å². The highest BCUT2D eigenvalue weighted by Gasteiger charge is 2.26. The van der Waals surface area contributed by atoms with Crippen LogP contribution < -0.4 is 10.6 Å². The van der Waals surface area contributed by atoms with E-state index in [4.69, 9.17) is 0 Å². The first-order chi connectivity index (χ1) is 14.4. The molecule has 0 saturated carbocycles. The first kappa shape index (κ1) is 22.5. The monoisotopic (exact) mass is 449 g/mol. The zero-order valence-corrected chi connectivity index (χ0v) is 18.7. The average molecular weight is 450 g/mol. The summed E-state index contributed by atoms with van der Waals surface area (Å²) < 4.78 is 27.3. The summed E-state index contributed by atoms with van der Waals surface area (Å²) in [5, 5.41) is 7.43. The van der Waals surface area contributed by atoms with Crippen molar-refractivity contribution in [2.24, 2.45) is 0 Å². The van der Waals surface area contributed by atoms with Gasteiger partial charge in [-0.2, -0.15) is 4.31 Å². The largest absolute Gasteiger partial charge is 0.351 e. The molecule has 2 heterocycles. The summed E-state index contributed by atoms with van der Waals surface area (Å²) in [7, 11) is -3.55. The molecular formula is C21H27N3O4S2. The Hall–Kier alpha value is -2.23. The minimum absolute atomic E-state index is 0.142. The number of carbonyl (C=O) groups is 2. The van der Waals surface area contributed by atoms with Crippen molar-refractivity contribution in [3.05, 3.63) is 46.2 Å². The molecule has 1 aliphatic rings.